The summed E-state index contributed by atoms with van der Waals surface area (Å²) in [5, 5.41) is 9.64. The lowest BCUT2D eigenvalue weighted by Crippen LogP contribution is -2.27. The zero-order chi connectivity index (χ0) is 14.5. The molecule has 1 aliphatic rings. The number of nitrogens with zero attached hydrogens (tertiary/aromatic N) is 2. The summed E-state index contributed by atoms with van der Waals surface area (Å²) < 4.78 is 2.03. The van der Waals surface area contributed by atoms with Crippen molar-refractivity contribution in [2.45, 2.75) is 52.6 Å². The van der Waals surface area contributed by atoms with Gasteiger partial charge in [-0.1, -0.05) is 26.7 Å². The van der Waals surface area contributed by atoms with E-state index in [1.165, 1.54) is 25.7 Å². The van der Waals surface area contributed by atoms with Gasteiger partial charge >= 0.3 is 0 Å². The second-order valence-electron chi connectivity index (χ2n) is 6.25. The van der Waals surface area contributed by atoms with E-state index in [2.05, 4.69) is 18.7 Å². The van der Waals surface area contributed by atoms with E-state index in [0.29, 0.717) is 5.92 Å². The van der Waals surface area contributed by atoms with Crippen LogP contribution in [0.2, 0.25) is 0 Å². The van der Waals surface area contributed by atoms with Crippen molar-refractivity contribution in [3.63, 3.8) is 0 Å². The van der Waals surface area contributed by atoms with Crippen LogP contribution >= 0.6 is 0 Å². The molecule has 4 nitrogen and oxygen atoms in total. The Bertz CT molecular complexity index is 486. The fourth-order valence-electron chi connectivity index (χ4n) is 2.83. The highest BCUT2D eigenvalue weighted by atomic mass is 16.3. The molecule has 4 heteroatoms. The van der Waals surface area contributed by atoms with Crippen LogP contribution in [0, 0.1) is 5.92 Å². The predicted octanol–water partition coefficient (Wildman–Crippen LogP) is 2.59. The third-order valence-electron chi connectivity index (χ3n) is 3.84. The minimum absolute atomic E-state index is 0.148. The van der Waals surface area contributed by atoms with Crippen LogP contribution in [0.3, 0.4) is 0 Å². The lowest BCUT2D eigenvalue weighted by Gasteiger charge is -2.23. The normalized spacial score (nSPS) is 17.4. The Morgan fingerprint density at radius 2 is 1.85 bits per heavy atom. The summed E-state index contributed by atoms with van der Waals surface area (Å²) >= 11 is 0. The molecule has 0 spiro atoms. The number of likely N-dealkylation sites (tertiary alicyclic amines) is 1. The molecule has 1 fully saturated rings. The zero-order valence-corrected chi connectivity index (χ0v) is 12.6. The van der Waals surface area contributed by atoms with Crippen LogP contribution in [-0.2, 0) is 13.1 Å². The standard InChI is InChI=1S/C16H26N2O2/c1-13(2)10-18-12-16(20)15(19)9-14(18)11-17-7-5-3-4-6-8-17/h9,12-13,20H,3-8,10-11H2,1-2H3. The van der Waals surface area contributed by atoms with E-state index in [1.807, 2.05) is 4.57 Å². The van der Waals surface area contributed by atoms with Gasteiger partial charge in [0.15, 0.2) is 5.75 Å². The van der Waals surface area contributed by atoms with Crippen LogP contribution in [0.1, 0.15) is 45.2 Å². The Kier molecular flexibility index (Phi) is 5.24. The molecule has 2 heterocycles. The van der Waals surface area contributed by atoms with Crippen LogP contribution in [0.15, 0.2) is 17.1 Å². The number of hydrogen-bond donors (Lipinski definition) is 1. The molecule has 1 N–H and O–H groups in total. The van der Waals surface area contributed by atoms with Crippen LogP contribution in [-0.4, -0.2) is 27.7 Å². The first-order chi connectivity index (χ1) is 9.56. The van der Waals surface area contributed by atoms with Gasteiger partial charge in [-0.2, -0.15) is 0 Å². The summed E-state index contributed by atoms with van der Waals surface area (Å²) in [7, 11) is 0. The lowest BCUT2D eigenvalue weighted by molar-refractivity contribution is 0.266. The molecule has 0 aliphatic carbocycles. The van der Waals surface area contributed by atoms with Gasteiger partial charge in [-0.05, 0) is 31.8 Å². The van der Waals surface area contributed by atoms with Crippen LogP contribution in [0.25, 0.3) is 0 Å². The van der Waals surface area contributed by atoms with Crippen molar-refractivity contribution in [2.24, 2.45) is 5.92 Å². The molecule has 1 aliphatic heterocycles. The fourth-order valence-corrected chi connectivity index (χ4v) is 2.83. The Morgan fingerprint density at radius 3 is 2.45 bits per heavy atom. The first-order valence-corrected chi connectivity index (χ1v) is 7.71. The quantitative estimate of drug-likeness (QED) is 0.920. The van der Waals surface area contributed by atoms with Gasteiger partial charge in [-0.15, -0.1) is 0 Å². The Labute approximate surface area is 121 Å². The highest BCUT2D eigenvalue weighted by Crippen LogP contribution is 2.15. The maximum Gasteiger partial charge on any atom is 0.223 e. The molecule has 1 aromatic rings. The van der Waals surface area contributed by atoms with Gasteiger partial charge < -0.3 is 9.67 Å². The topological polar surface area (TPSA) is 45.5 Å². The van der Waals surface area contributed by atoms with Crippen molar-refractivity contribution < 1.29 is 5.11 Å². The molecule has 0 aromatic carbocycles. The van der Waals surface area contributed by atoms with Crippen molar-refractivity contribution in [3.05, 3.63) is 28.2 Å². The lowest BCUT2D eigenvalue weighted by atomic mass is 10.2. The Morgan fingerprint density at radius 1 is 1.20 bits per heavy atom. The van der Waals surface area contributed by atoms with Crippen molar-refractivity contribution >= 4 is 0 Å². The van der Waals surface area contributed by atoms with Crippen LogP contribution in [0.4, 0.5) is 0 Å². The molecule has 1 aromatic heterocycles. The van der Waals surface area contributed by atoms with E-state index in [4.69, 9.17) is 0 Å². The fraction of sp³-hybridized carbons (Fsp3) is 0.688. The molecule has 0 amide bonds. The van der Waals surface area contributed by atoms with Crippen molar-refractivity contribution in [3.8, 4) is 5.75 Å². The van der Waals surface area contributed by atoms with Gasteiger partial charge in [-0.25, -0.2) is 0 Å². The number of rotatable bonds is 4. The SMILES string of the molecule is CC(C)Cn1cc(O)c(=O)cc1CN1CCCCCC1. The molecule has 0 saturated carbocycles. The Hall–Kier alpha value is -1.29. The first kappa shape index (κ1) is 15.1. The molecule has 1 saturated heterocycles. The minimum Gasteiger partial charge on any atom is -0.503 e. The molecular weight excluding hydrogens is 252 g/mol. The van der Waals surface area contributed by atoms with Crippen LogP contribution in [0.5, 0.6) is 5.75 Å². The monoisotopic (exact) mass is 278 g/mol. The predicted molar refractivity (Wildman–Crippen MR) is 80.9 cm³/mol. The molecule has 0 bridgehead atoms. The van der Waals surface area contributed by atoms with Gasteiger partial charge in [0.2, 0.25) is 5.43 Å². The van der Waals surface area contributed by atoms with Gasteiger partial charge in [0.05, 0.1) is 6.20 Å². The molecule has 0 radical (unpaired) electrons. The van der Waals surface area contributed by atoms with E-state index < -0.39 is 0 Å². The molecule has 0 unspecified atom stereocenters. The van der Waals surface area contributed by atoms with E-state index in [0.717, 1.165) is 31.9 Å². The third kappa shape index (κ3) is 4.10. The highest BCUT2D eigenvalue weighted by molar-refractivity contribution is 5.20. The Balaban J connectivity index is 2.19. The second kappa shape index (κ2) is 6.93. The largest absolute Gasteiger partial charge is 0.503 e. The summed E-state index contributed by atoms with van der Waals surface area (Å²) in [6.45, 7) is 8.14. The average molecular weight is 278 g/mol. The molecule has 112 valence electrons. The van der Waals surface area contributed by atoms with Gasteiger partial charge in [-0.3, -0.25) is 9.69 Å². The summed E-state index contributed by atoms with van der Waals surface area (Å²) in [6.07, 6.45) is 6.70. The summed E-state index contributed by atoms with van der Waals surface area (Å²) in [4.78, 5) is 14.1. The van der Waals surface area contributed by atoms with E-state index in [9.17, 15) is 9.90 Å². The number of pyridine rings is 1. The molecular formula is C16H26N2O2. The van der Waals surface area contributed by atoms with Gasteiger partial charge in [0, 0.05) is 24.8 Å². The zero-order valence-electron chi connectivity index (χ0n) is 12.6. The van der Waals surface area contributed by atoms with Gasteiger partial charge in [0.1, 0.15) is 0 Å². The van der Waals surface area contributed by atoms with E-state index >= 15 is 0 Å². The summed E-state index contributed by atoms with van der Waals surface area (Å²) in [5.74, 6) is 0.338. The maximum atomic E-state index is 11.7. The molecule has 0 atom stereocenters. The summed E-state index contributed by atoms with van der Waals surface area (Å²) in [5.41, 5.74) is 0.748. The summed E-state index contributed by atoms with van der Waals surface area (Å²) in [6, 6.07) is 1.60. The maximum absolute atomic E-state index is 11.7. The van der Waals surface area contributed by atoms with Crippen molar-refractivity contribution in [1.82, 2.24) is 9.47 Å². The minimum atomic E-state index is -0.269. The van der Waals surface area contributed by atoms with E-state index in [1.54, 1.807) is 12.3 Å². The first-order valence-electron chi connectivity index (χ1n) is 7.71. The number of aromatic nitrogens is 1. The average Bonchev–Trinajstić information content (AvgIpc) is 2.63. The van der Waals surface area contributed by atoms with Gasteiger partial charge in [0.25, 0.3) is 0 Å². The second-order valence-corrected chi connectivity index (χ2v) is 6.25. The van der Waals surface area contributed by atoms with Crippen LogP contribution < -0.4 is 5.43 Å². The van der Waals surface area contributed by atoms with Crippen molar-refractivity contribution in [2.75, 3.05) is 13.1 Å². The van der Waals surface area contributed by atoms with E-state index in [-0.39, 0.29) is 11.2 Å². The smallest absolute Gasteiger partial charge is 0.223 e. The molecule has 2 rings (SSSR count). The van der Waals surface area contributed by atoms with Crippen molar-refractivity contribution in [1.29, 1.82) is 0 Å². The molecule has 20 heavy (non-hydrogen) atoms. The highest BCUT2D eigenvalue weighted by Gasteiger charge is 2.13. The third-order valence-corrected chi connectivity index (χ3v) is 3.84. The number of aromatic hydroxyl groups is 1. The number of hydrogen-bond acceptors (Lipinski definition) is 3.